The van der Waals surface area contributed by atoms with Crippen molar-refractivity contribution in [2.45, 2.75) is 24.6 Å². The Hall–Kier alpha value is -0.450. The maximum Gasteiger partial charge on any atom is 0.117 e. The Bertz CT molecular complexity index is 296. The minimum atomic E-state index is 0.869. The fraction of sp³-hybridized carbons (Fsp3) is 0.692. The van der Waals surface area contributed by atoms with Gasteiger partial charge >= 0.3 is 0 Å². The van der Waals surface area contributed by atoms with Gasteiger partial charge in [0.05, 0.1) is 12.8 Å². The third-order valence-electron chi connectivity index (χ3n) is 3.12. The zero-order valence-corrected chi connectivity index (χ0v) is 11.3. The monoisotopic (exact) mass is 254 g/mol. The van der Waals surface area contributed by atoms with Crippen molar-refractivity contribution in [1.29, 1.82) is 0 Å². The van der Waals surface area contributed by atoms with Crippen molar-refractivity contribution in [2.75, 3.05) is 32.4 Å². The van der Waals surface area contributed by atoms with Gasteiger partial charge in [-0.15, -0.1) is 0 Å². The maximum absolute atomic E-state index is 5.34. The minimum absolute atomic E-state index is 0.869. The Kier molecular flexibility index (Phi) is 5.42. The Balaban J connectivity index is 1.58. The summed E-state index contributed by atoms with van der Waals surface area (Å²) in [6.45, 7) is 4.44. The highest BCUT2D eigenvalue weighted by Gasteiger charge is 2.13. The van der Waals surface area contributed by atoms with Crippen molar-refractivity contribution >= 4 is 11.8 Å². The van der Waals surface area contributed by atoms with Crippen LogP contribution in [0.1, 0.15) is 18.6 Å². The number of rotatable bonds is 6. The van der Waals surface area contributed by atoms with Crippen LogP contribution in [-0.4, -0.2) is 42.6 Å². The van der Waals surface area contributed by atoms with Gasteiger partial charge in [0.1, 0.15) is 5.76 Å². The molecule has 2 rings (SSSR count). The molecule has 1 N–H and O–H groups in total. The lowest BCUT2D eigenvalue weighted by Gasteiger charge is -2.23. The first kappa shape index (κ1) is 13.0. The molecule has 1 saturated heterocycles. The fourth-order valence-corrected chi connectivity index (χ4v) is 3.40. The number of hydrogen-bond acceptors (Lipinski definition) is 4. The first-order valence-corrected chi connectivity index (χ1v) is 7.43. The van der Waals surface area contributed by atoms with Gasteiger partial charge in [-0.1, -0.05) is 0 Å². The molecule has 0 bridgehead atoms. The molecule has 1 aliphatic rings. The highest BCUT2D eigenvalue weighted by molar-refractivity contribution is 7.99. The molecule has 0 amide bonds. The fourth-order valence-electron chi connectivity index (χ4n) is 2.08. The average molecular weight is 254 g/mol. The lowest BCUT2D eigenvalue weighted by atomic mass is 10.2. The maximum atomic E-state index is 5.34. The second kappa shape index (κ2) is 7.09. The van der Waals surface area contributed by atoms with E-state index < -0.39 is 0 Å². The topological polar surface area (TPSA) is 28.4 Å². The zero-order valence-electron chi connectivity index (χ0n) is 10.5. The summed E-state index contributed by atoms with van der Waals surface area (Å²) in [5.41, 5.74) is 0. The number of furan rings is 1. The quantitative estimate of drug-likeness (QED) is 0.842. The Morgan fingerprint density at radius 3 is 3.00 bits per heavy atom. The van der Waals surface area contributed by atoms with Crippen LogP contribution in [0.2, 0.25) is 0 Å². The van der Waals surface area contributed by atoms with E-state index in [4.69, 9.17) is 4.42 Å². The van der Waals surface area contributed by atoms with Crippen molar-refractivity contribution in [3.63, 3.8) is 0 Å². The van der Waals surface area contributed by atoms with E-state index in [0.29, 0.717) is 0 Å². The molecule has 0 aromatic carbocycles. The summed E-state index contributed by atoms with van der Waals surface area (Å²) in [7, 11) is 2.16. The largest absolute Gasteiger partial charge is 0.468 e. The van der Waals surface area contributed by atoms with E-state index in [1.807, 2.05) is 12.1 Å². The number of hydrogen-bond donors (Lipinski definition) is 1. The van der Waals surface area contributed by atoms with Gasteiger partial charge in [-0.25, -0.2) is 0 Å². The standard InChI is InChI=1S/C13H22N2OS/c1-15(11-12-3-2-9-16-12)8-10-17-13-4-6-14-7-5-13/h2-3,9,13-14H,4-8,10-11H2,1H3. The van der Waals surface area contributed by atoms with Gasteiger partial charge in [-0.05, 0) is 45.1 Å². The van der Waals surface area contributed by atoms with Gasteiger partial charge in [0.25, 0.3) is 0 Å². The molecule has 1 aromatic heterocycles. The van der Waals surface area contributed by atoms with E-state index in [1.165, 1.54) is 31.7 Å². The lowest BCUT2D eigenvalue weighted by Crippen LogP contribution is -2.30. The molecule has 0 unspecified atom stereocenters. The van der Waals surface area contributed by atoms with Crippen LogP contribution >= 0.6 is 11.8 Å². The summed E-state index contributed by atoms with van der Waals surface area (Å²) >= 11 is 2.13. The molecule has 0 radical (unpaired) electrons. The molecule has 0 aliphatic carbocycles. The van der Waals surface area contributed by atoms with Crippen molar-refractivity contribution < 1.29 is 4.42 Å². The molecule has 0 atom stereocenters. The summed E-state index contributed by atoms with van der Waals surface area (Å²) in [4.78, 5) is 2.33. The van der Waals surface area contributed by atoms with E-state index in [2.05, 4.69) is 29.0 Å². The van der Waals surface area contributed by atoms with E-state index in [1.54, 1.807) is 6.26 Å². The van der Waals surface area contributed by atoms with Crippen LogP contribution in [0.15, 0.2) is 22.8 Å². The van der Waals surface area contributed by atoms with Crippen LogP contribution in [0.5, 0.6) is 0 Å². The molecule has 3 nitrogen and oxygen atoms in total. The number of piperidine rings is 1. The van der Waals surface area contributed by atoms with E-state index in [9.17, 15) is 0 Å². The summed E-state index contributed by atoms with van der Waals surface area (Å²) in [5, 5.41) is 4.28. The molecule has 96 valence electrons. The Morgan fingerprint density at radius 1 is 1.47 bits per heavy atom. The number of thioether (sulfide) groups is 1. The van der Waals surface area contributed by atoms with Crippen molar-refractivity contribution in [2.24, 2.45) is 0 Å². The minimum Gasteiger partial charge on any atom is -0.468 e. The molecule has 2 heterocycles. The average Bonchev–Trinajstić information content (AvgIpc) is 2.83. The van der Waals surface area contributed by atoms with Crippen molar-refractivity contribution in [3.05, 3.63) is 24.2 Å². The van der Waals surface area contributed by atoms with Gasteiger partial charge in [0.15, 0.2) is 0 Å². The molecule has 4 heteroatoms. The predicted octanol–water partition coefficient (Wildman–Crippen LogP) is 2.20. The molecular formula is C13H22N2OS. The lowest BCUT2D eigenvalue weighted by molar-refractivity contribution is 0.311. The Labute approximate surface area is 108 Å². The molecule has 1 aromatic rings. The van der Waals surface area contributed by atoms with Gasteiger partial charge in [-0.2, -0.15) is 11.8 Å². The highest BCUT2D eigenvalue weighted by Crippen LogP contribution is 2.20. The molecule has 17 heavy (non-hydrogen) atoms. The smallest absolute Gasteiger partial charge is 0.117 e. The van der Waals surface area contributed by atoms with Crippen LogP contribution in [0.4, 0.5) is 0 Å². The first-order chi connectivity index (χ1) is 8.34. The van der Waals surface area contributed by atoms with Gasteiger partial charge in [-0.3, -0.25) is 4.90 Å². The second-order valence-electron chi connectivity index (χ2n) is 4.64. The first-order valence-electron chi connectivity index (χ1n) is 6.38. The van der Waals surface area contributed by atoms with E-state index in [-0.39, 0.29) is 0 Å². The third kappa shape index (κ3) is 4.74. The highest BCUT2D eigenvalue weighted by atomic mass is 32.2. The summed E-state index contributed by atoms with van der Waals surface area (Å²) < 4.78 is 5.34. The third-order valence-corrected chi connectivity index (χ3v) is 4.48. The van der Waals surface area contributed by atoms with Crippen LogP contribution in [0.25, 0.3) is 0 Å². The predicted molar refractivity (Wildman–Crippen MR) is 73.4 cm³/mol. The van der Waals surface area contributed by atoms with Gasteiger partial charge in [0, 0.05) is 17.5 Å². The number of nitrogens with one attached hydrogen (secondary N) is 1. The van der Waals surface area contributed by atoms with Crippen molar-refractivity contribution in [1.82, 2.24) is 10.2 Å². The van der Waals surface area contributed by atoms with Crippen LogP contribution in [-0.2, 0) is 6.54 Å². The molecule has 0 spiro atoms. The van der Waals surface area contributed by atoms with Gasteiger partial charge < -0.3 is 9.73 Å². The zero-order chi connectivity index (χ0) is 11.9. The van der Waals surface area contributed by atoms with Crippen molar-refractivity contribution in [3.8, 4) is 0 Å². The van der Waals surface area contributed by atoms with Crippen LogP contribution in [0.3, 0.4) is 0 Å². The second-order valence-corrected chi connectivity index (χ2v) is 6.05. The van der Waals surface area contributed by atoms with Gasteiger partial charge in [0.2, 0.25) is 0 Å². The molecule has 0 saturated carbocycles. The number of nitrogens with zero attached hydrogens (tertiary/aromatic N) is 1. The van der Waals surface area contributed by atoms with Crippen LogP contribution < -0.4 is 5.32 Å². The molecular weight excluding hydrogens is 232 g/mol. The summed E-state index contributed by atoms with van der Waals surface area (Å²) in [6.07, 6.45) is 4.39. The molecule has 1 fully saturated rings. The summed E-state index contributed by atoms with van der Waals surface area (Å²) in [6, 6.07) is 3.99. The normalized spacial score (nSPS) is 17.8. The van der Waals surface area contributed by atoms with E-state index >= 15 is 0 Å². The molecule has 1 aliphatic heterocycles. The summed E-state index contributed by atoms with van der Waals surface area (Å²) in [5.74, 6) is 2.28. The van der Waals surface area contributed by atoms with Crippen LogP contribution in [0, 0.1) is 0 Å². The SMILES string of the molecule is CN(CCSC1CCNCC1)Cc1ccco1. The van der Waals surface area contributed by atoms with E-state index in [0.717, 1.165) is 24.1 Å². The Morgan fingerprint density at radius 2 is 2.29 bits per heavy atom.